The minimum atomic E-state index is -0.543. The van der Waals surface area contributed by atoms with E-state index in [4.69, 9.17) is 4.42 Å². The Hall–Kier alpha value is -4.07. The van der Waals surface area contributed by atoms with E-state index in [1.54, 1.807) is 24.3 Å². The summed E-state index contributed by atoms with van der Waals surface area (Å²) in [6.07, 6.45) is 3.87. The van der Waals surface area contributed by atoms with Gasteiger partial charge in [0.15, 0.2) is 5.69 Å². The van der Waals surface area contributed by atoms with Gasteiger partial charge in [0.2, 0.25) is 5.43 Å². The maximum absolute atomic E-state index is 12.3. The second-order valence-electron chi connectivity index (χ2n) is 5.57. The summed E-state index contributed by atoms with van der Waals surface area (Å²) < 4.78 is 5.39. The Labute approximate surface area is 152 Å². The molecule has 0 spiro atoms. The summed E-state index contributed by atoms with van der Waals surface area (Å²) in [5.74, 6) is -0.543. The van der Waals surface area contributed by atoms with E-state index >= 15 is 0 Å². The molecule has 27 heavy (non-hydrogen) atoms. The molecule has 0 aliphatic carbocycles. The van der Waals surface area contributed by atoms with Crippen LogP contribution in [0, 0.1) is 0 Å². The van der Waals surface area contributed by atoms with Gasteiger partial charge in [0.1, 0.15) is 11.8 Å². The Kier molecular flexibility index (Phi) is 4.28. The molecular weight excluding hydrogens is 346 g/mol. The summed E-state index contributed by atoms with van der Waals surface area (Å²) in [6.45, 7) is 0. The van der Waals surface area contributed by atoms with Crippen molar-refractivity contribution in [2.24, 2.45) is 5.10 Å². The van der Waals surface area contributed by atoms with Crippen LogP contribution in [0.4, 0.5) is 0 Å². The van der Waals surface area contributed by atoms with Crippen LogP contribution in [0.2, 0.25) is 0 Å². The van der Waals surface area contributed by atoms with Crippen LogP contribution >= 0.6 is 0 Å². The molecule has 0 saturated carbocycles. The molecule has 8 nitrogen and oxygen atoms in total. The first-order valence-electron chi connectivity index (χ1n) is 8.04. The number of nitrogens with zero attached hydrogens (tertiary/aromatic N) is 4. The predicted octanol–water partition coefficient (Wildman–Crippen LogP) is 2.14. The summed E-state index contributed by atoms with van der Waals surface area (Å²) in [4.78, 5) is 25.8. The van der Waals surface area contributed by atoms with Crippen molar-refractivity contribution in [3.63, 3.8) is 0 Å². The van der Waals surface area contributed by atoms with Gasteiger partial charge >= 0.3 is 0 Å². The van der Waals surface area contributed by atoms with Gasteiger partial charge in [-0.3, -0.25) is 9.59 Å². The number of hydrogen-bond donors (Lipinski definition) is 1. The molecule has 2 aromatic carbocycles. The fourth-order valence-electron chi connectivity index (χ4n) is 2.45. The molecule has 0 atom stereocenters. The molecule has 0 radical (unpaired) electrons. The number of benzene rings is 2. The van der Waals surface area contributed by atoms with Crippen molar-refractivity contribution in [2.45, 2.75) is 0 Å². The maximum Gasteiger partial charge on any atom is 0.293 e. The number of fused-ring (bicyclic) bond motifs is 1. The molecule has 0 bridgehead atoms. The standard InChI is InChI=1S/C19H13N5O3/c25-18-13(12-27-17-9-5-4-8-15(17)18)10-20-22-19(26)16-11-21-24(23-16)14-6-2-1-3-7-14/h1-12H,(H,22,26). The SMILES string of the molecule is O=C(NN=Cc1coc2ccccc2c1=O)c1cnn(-c2ccccc2)n1. The minimum Gasteiger partial charge on any atom is -0.463 e. The highest BCUT2D eigenvalue weighted by Crippen LogP contribution is 2.09. The highest BCUT2D eigenvalue weighted by Gasteiger charge is 2.11. The summed E-state index contributed by atoms with van der Waals surface area (Å²) in [5.41, 5.74) is 3.63. The number of para-hydroxylation sites is 2. The number of hydrogen-bond acceptors (Lipinski definition) is 6. The van der Waals surface area contributed by atoms with Gasteiger partial charge in [0, 0.05) is 0 Å². The van der Waals surface area contributed by atoms with E-state index < -0.39 is 5.91 Å². The number of amides is 1. The van der Waals surface area contributed by atoms with Gasteiger partial charge in [-0.25, -0.2) is 5.43 Å². The van der Waals surface area contributed by atoms with Gasteiger partial charge in [0.25, 0.3) is 5.91 Å². The Morgan fingerprint density at radius 3 is 2.74 bits per heavy atom. The van der Waals surface area contributed by atoms with Crippen LogP contribution in [0.1, 0.15) is 16.1 Å². The zero-order chi connectivity index (χ0) is 18.6. The second-order valence-corrected chi connectivity index (χ2v) is 5.57. The van der Waals surface area contributed by atoms with Gasteiger partial charge in [-0.15, -0.1) is 5.10 Å². The van der Waals surface area contributed by atoms with Gasteiger partial charge in [-0.05, 0) is 24.3 Å². The Morgan fingerprint density at radius 1 is 1.11 bits per heavy atom. The number of rotatable bonds is 4. The minimum absolute atomic E-state index is 0.0987. The fourth-order valence-corrected chi connectivity index (χ4v) is 2.45. The maximum atomic E-state index is 12.3. The van der Waals surface area contributed by atoms with Crippen molar-refractivity contribution < 1.29 is 9.21 Å². The van der Waals surface area contributed by atoms with Crippen LogP contribution in [-0.2, 0) is 0 Å². The number of carbonyl (C=O) groups is 1. The average molecular weight is 359 g/mol. The Balaban J connectivity index is 1.49. The van der Waals surface area contributed by atoms with Crippen LogP contribution < -0.4 is 10.9 Å². The lowest BCUT2D eigenvalue weighted by atomic mass is 10.2. The quantitative estimate of drug-likeness (QED) is 0.444. The lowest BCUT2D eigenvalue weighted by Crippen LogP contribution is -2.19. The Bertz CT molecular complexity index is 1190. The first kappa shape index (κ1) is 16.4. The van der Waals surface area contributed by atoms with Crippen molar-refractivity contribution in [3.8, 4) is 5.69 Å². The van der Waals surface area contributed by atoms with Crippen LogP contribution in [-0.4, -0.2) is 27.1 Å². The highest BCUT2D eigenvalue weighted by atomic mass is 16.3. The normalized spacial score (nSPS) is 11.1. The van der Waals surface area contributed by atoms with E-state index in [2.05, 4.69) is 20.7 Å². The zero-order valence-corrected chi connectivity index (χ0v) is 13.9. The van der Waals surface area contributed by atoms with E-state index in [0.717, 1.165) is 5.69 Å². The molecule has 2 aromatic heterocycles. The highest BCUT2D eigenvalue weighted by molar-refractivity contribution is 5.93. The molecule has 0 aliphatic rings. The van der Waals surface area contributed by atoms with Crippen molar-refractivity contribution in [2.75, 3.05) is 0 Å². The summed E-state index contributed by atoms with van der Waals surface area (Å²) >= 11 is 0. The fraction of sp³-hybridized carbons (Fsp3) is 0. The first-order valence-corrected chi connectivity index (χ1v) is 8.04. The van der Waals surface area contributed by atoms with Crippen molar-refractivity contribution in [3.05, 3.63) is 88.5 Å². The number of carbonyl (C=O) groups excluding carboxylic acids is 1. The number of hydrazone groups is 1. The molecule has 0 fully saturated rings. The smallest absolute Gasteiger partial charge is 0.293 e. The summed E-state index contributed by atoms with van der Waals surface area (Å²) in [6, 6.07) is 16.1. The van der Waals surface area contributed by atoms with Crippen LogP contribution in [0.25, 0.3) is 16.7 Å². The van der Waals surface area contributed by atoms with Gasteiger partial charge < -0.3 is 4.42 Å². The molecule has 132 valence electrons. The van der Waals surface area contributed by atoms with Crippen LogP contribution in [0.5, 0.6) is 0 Å². The monoisotopic (exact) mass is 359 g/mol. The first-order chi connectivity index (χ1) is 13.2. The topological polar surface area (TPSA) is 102 Å². The Morgan fingerprint density at radius 2 is 1.89 bits per heavy atom. The predicted molar refractivity (Wildman–Crippen MR) is 98.9 cm³/mol. The van der Waals surface area contributed by atoms with Crippen LogP contribution in [0.15, 0.2) is 81.4 Å². The largest absolute Gasteiger partial charge is 0.463 e. The van der Waals surface area contributed by atoms with Crippen molar-refractivity contribution >= 4 is 23.1 Å². The van der Waals surface area contributed by atoms with Crippen molar-refractivity contribution in [1.82, 2.24) is 20.4 Å². The van der Waals surface area contributed by atoms with Crippen LogP contribution in [0.3, 0.4) is 0 Å². The van der Waals surface area contributed by atoms with E-state index in [0.29, 0.717) is 11.0 Å². The molecule has 8 heteroatoms. The van der Waals surface area contributed by atoms with E-state index in [1.165, 1.54) is 23.5 Å². The molecule has 4 rings (SSSR count). The zero-order valence-electron chi connectivity index (χ0n) is 13.9. The molecule has 0 unspecified atom stereocenters. The van der Waals surface area contributed by atoms with Crippen molar-refractivity contribution in [1.29, 1.82) is 0 Å². The third-order valence-electron chi connectivity index (χ3n) is 3.79. The number of aromatic nitrogens is 3. The summed E-state index contributed by atoms with van der Waals surface area (Å²) in [7, 11) is 0. The molecule has 0 aliphatic heterocycles. The molecule has 0 saturated heterocycles. The molecule has 4 aromatic rings. The third-order valence-corrected chi connectivity index (χ3v) is 3.79. The van der Waals surface area contributed by atoms with Gasteiger partial charge in [-0.2, -0.15) is 15.0 Å². The van der Waals surface area contributed by atoms with E-state index in [1.807, 2.05) is 30.3 Å². The second kappa shape index (κ2) is 7.04. The lowest BCUT2D eigenvalue weighted by Gasteiger charge is -1.98. The lowest BCUT2D eigenvalue weighted by molar-refractivity contribution is 0.0949. The summed E-state index contributed by atoms with van der Waals surface area (Å²) in [5, 5.41) is 12.4. The van der Waals surface area contributed by atoms with E-state index in [9.17, 15) is 9.59 Å². The van der Waals surface area contributed by atoms with E-state index in [-0.39, 0.29) is 16.7 Å². The molecule has 1 N–H and O–H groups in total. The molecular formula is C19H13N5O3. The van der Waals surface area contributed by atoms with Gasteiger partial charge in [-0.1, -0.05) is 30.3 Å². The molecule has 2 heterocycles. The third kappa shape index (κ3) is 3.36. The molecule has 1 amide bonds. The average Bonchev–Trinajstić information content (AvgIpc) is 3.21. The van der Waals surface area contributed by atoms with Gasteiger partial charge in [0.05, 0.1) is 29.0 Å². The number of nitrogens with one attached hydrogen (secondary N) is 1.